The first-order chi connectivity index (χ1) is 9.15. The molecule has 20 heavy (non-hydrogen) atoms. The highest BCUT2D eigenvalue weighted by atomic mass is 16.5. The lowest BCUT2D eigenvalue weighted by Gasteiger charge is -2.33. The van der Waals surface area contributed by atoms with Gasteiger partial charge in [-0.15, -0.1) is 0 Å². The number of nitrogens with zero attached hydrogens (tertiary/aromatic N) is 1. The number of fused-ring (bicyclic) bond motifs is 1. The third-order valence-electron chi connectivity index (χ3n) is 3.88. The van der Waals surface area contributed by atoms with E-state index < -0.39 is 35.3 Å². The van der Waals surface area contributed by atoms with Gasteiger partial charge in [0.05, 0.1) is 13.2 Å². The molecule has 2 aliphatic heterocycles. The average molecular weight is 283 g/mol. The highest BCUT2D eigenvalue weighted by Crippen LogP contribution is 2.43. The first kappa shape index (κ1) is 15.0. The van der Waals surface area contributed by atoms with Crippen molar-refractivity contribution in [2.24, 2.45) is 10.8 Å². The van der Waals surface area contributed by atoms with E-state index in [4.69, 9.17) is 9.47 Å². The Kier molecular flexibility index (Phi) is 3.40. The molecule has 3 atom stereocenters. The maximum atomic E-state index is 12.6. The average Bonchev–Trinajstić information content (AvgIpc) is 2.86. The summed E-state index contributed by atoms with van der Waals surface area (Å²) in [6, 6.07) is -0.680. The van der Waals surface area contributed by atoms with Crippen LogP contribution in [0, 0.1) is 10.8 Å². The van der Waals surface area contributed by atoms with E-state index in [1.807, 2.05) is 20.8 Å². The molecule has 1 unspecified atom stereocenters. The van der Waals surface area contributed by atoms with Gasteiger partial charge in [-0.3, -0.25) is 14.4 Å². The second kappa shape index (κ2) is 4.55. The van der Waals surface area contributed by atoms with Crippen molar-refractivity contribution < 1.29 is 23.9 Å². The first-order valence-corrected chi connectivity index (χ1v) is 6.81. The molecule has 112 valence electrons. The number of hydrogen-bond acceptors (Lipinski definition) is 5. The minimum atomic E-state index is -1.73. The molecule has 1 amide bonds. The second-order valence-corrected chi connectivity index (χ2v) is 6.49. The number of esters is 1. The van der Waals surface area contributed by atoms with Crippen molar-refractivity contribution in [3.8, 4) is 0 Å². The summed E-state index contributed by atoms with van der Waals surface area (Å²) in [5.74, 6) is -1.70. The van der Waals surface area contributed by atoms with E-state index in [0.717, 1.165) is 0 Å². The lowest BCUT2D eigenvalue weighted by Crippen LogP contribution is -2.48. The molecular formula is C14H21NO5. The highest BCUT2D eigenvalue weighted by Gasteiger charge is 2.66. The fourth-order valence-electron chi connectivity index (χ4n) is 2.78. The predicted octanol–water partition coefficient (Wildman–Crippen LogP) is 0.738. The summed E-state index contributed by atoms with van der Waals surface area (Å²) in [6.07, 6.45) is -0.500. The van der Waals surface area contributed by atoms with Crippen molar-refractivity contribution in [2.75, 3.05) is 13.2 Å². The standard InChI is InChI=1S/C14H21NO5/c1-6-19-12(18)14(5)9(16)8-7-20-11(13(2,3)4)15(8)10(14)17/h8,11H,6-7H2,1-5H3/t8-,11-,14?/m1/s1. The third kappa shape index (κ3) is 1.85. The van der Waals surface area contributed by atoms with Gasteiger partial charge in [0.25, 0.3) is 0 Å². The normalized spacial score (nSPS) is 33.5. The van der Waals surface area contributed by atoms with Crippen molar-refractivity contribution in [2.45, 2.75) is 46.9 Å². The van der Waals surface area contributed by atoms with Crippen LogP contribution < -0.4 is 0 Å². The molecule has 0 aromatic carbocycles. The second-order valence-electron chi connectivity index (χ2n) is 6.49. The summed E-state index contributed by atoms with van der Waals surface area (Å²) in [5, 5.41) is 0. The van der Waals surface area contributed by atoms with Crippen LogP contribution in [0.3, 0.4) is 0 Å². The molecule has 2 heterocycles. The minimum absolute atomic E-state index is 0.138. The van der Waals surface area contributed by atoms with E-state index in [9.17, 15) is 14.4 Å². The molecule has 0 radical (unpaired) electrons. The van der Waals surface area contributed by atoms with Crippen LogP contribution in [0.4, 0.5) is 0 Å². The van der Waals surface area contributed by atoms with Crippen molar-refractivity contribution in [3.63, 3.8) is 0 Å². The van der Waals surface area contributed by atoms with Gasteiger partial charge >= 0.3 is 5.97 Å². The van der Waals surface area contributed by atoms with Crippen LogP contribution in [0.2, 0.25) is 0 Å². The summed E-state index contributed by atoms with van der Waals surface area (Å²) in [4.78, 5) is 38.5. The smallest absolute Gasteiger partial charge is 0.329 e. The Morgan fingerprint density at radius 1 is 1.45 bits per heavy atom. The maximum absolute atomic E-state index is 12.6. The molecule has 2 aliphatic rings. The van der Waals surface area contributed by atoms with E-state index in [2.05, 4.69) is 0 Å². The van der Waals surface area contributed by atoms with Crippen LogP contribution in [-0.4, -0.2) is 48.0 Å². The van der Waals surface area contributed by atoms with Crippen molar-refractivity contribution in [1.29, 1.82) is 0 Å². The molecule has 6 heteroatoms. The number of carbonyl (C=O) groups is 3. The number of hydrogen-bond donors (Lipinski definition) is 0. The van der Waals surface area contributed by atoms with E-state index in [1.165, 1.54) is 11.8 Å². The fraction of sp³-hybridized carbons (Fsp3) is 0.786. The van der Waals surface area contributed by atoms with Gasteiger partial charge in [-0.1, -0.05) is 20.8 Å². The summed E-state index contributed by atoms with van der Waals surface area (Å²) >= 11 is 0. The fourth-order valence-corrected chi connectivity index (χ4v) is 2.78. The predicted molar refractivity (Wildman–Crippen MR) is 69.6 cm³/mol. The molecule has 2 rings (SSSR count). The van der Waals surface area contributed by atoms with Crippen LogP contribution in [0.5, 0.6) is 0 Å². The number of ketones is 1. The third-order valence-corrected chi connectivity index (χ3v) is 3.88. The monoisotopic (exact) mass is 283 g/mol. The van der Waals surface area contributed by atoms with Gasteiger partial charge in [-0.2, -0.15) is 0 Å². The molecule has 0 aliphatic carbocycles. The molecule has 2 fully saturated rings. The van der Waals surface area contributed by atoms with Gasteiger partial charge in [0.15, 0.2) is 5.78 Å². The summed E-state index contributed by atoms with van der Waals surface area (Å²) < 4.78 is 10.5. The van der Waals surface area contributed by atoms with Crippen LogP contribution in [0.1, 0.15) is 34.6 Å². The Bertz CT molecular complexity index is 467. The van der Waals surface area contributed by atoms with E-state index in [0.29, 0.717) is 0 Å². The van der Waals surface area contributed by atoms with E-state index in [-0.39, 0.29) is 18.6 Å². The Morgan fingerprint density at radius 2 is 2.05 bits per heavy atom. The van der Waals surface area contributed by atoms with Crippen LogP contribution in [0.25, 0.3) is 0 Å². The van der Waals surface area contributed by atoms with E-state index in [1.54, 1.807) is 6.92 Å². The Labute approximate surface area is 118 Å². The Balaban J connectivity index is 2.37. The molecule has 2 saturated heterocycles. The zero-order chi connectivity index (χ0) is 15.3. The van der Waals surface area contributed by atoms with Crippen molar-refractivity contribution >= 4 is 17.7 Å². The molecule has 0 aromatic rings. The summed E-state index contributed by atoms with van der Waals surface area (Å²) in [7, 11) is 0. The molecule has 0 spiro atoms. The van der Waals surface area contributed by atoms with Gasteiger partial charge in [0.1, 0.15) is 12.3 Å². The maximum Gasteiger partial charge on any atom is 0.329 e. The van der Waals surface area contributed by atoms with Crippen molar-refractivity contribution in [3.05, 3.63) is 0 Å². The highest BCUT2D eigenvalue weighted by molar-refractivity contribution is 6.27. The summed E-state index contributed by atoms with van der Waals surface area (Å²) in [6.45, 7) is 9.06. The molecule has 0 bridgehead atoms. The van der Waals surface area contributed by atoms with E-state index >= 15 is 0 Å². The topological polar surface area (TPSA) is 72.9 Å². The van der Waals surface area contributed by atoms with Crippen LogP contribution >= 0.6 is 0 Å². The van der Waals surface area contributed by atoms with Gasteiger partial charge in [-0.05, 0) is 13.8 Å². The first-order valence-electron chi connectivity index (χ1n) is 6.81. The lowest BCUT2D eigenvalue weighted by atomic mass is 9.85. The van der Waals surface area contributed by atoms with Gasteiger partial charge in [-0.25, -0.2) is 0 Å². The molecule has 0 N–H and O–H groups in total. The molecular weight excluding hydrogens is 262 g/mol. The van der Waals surface area contributed by atoms with Crippen LogP contribution in [0.15, 0.2) is 0 Å². The Morgan fingerprint density at radius 3 is 2.55 bits per heavy atom. The van der Waals surface area contributed by atoms with Crippen LogP contribution in [-0.2, 0) is 23.9 Å². The Hall–Kier alpha value is -1.43. The number of Topliss-reactive ketones (excluding diaryl/α,β-unsaturated/α-hetero) is 1. The zero-order valence-electron chi connectivity index (χ0n) is 12.6. The largest absolute Gasteiger partial charge is 0.465 e. The van der Waals surface area contributed by atoms with Gasteiger partial charge in [0, 0.05) is 5.41 Å². The van der Waals surface area contributed by atoms with Crippen molar-refractivity contribution in [1.82, 2.24) is 4.90 Å². The summed E-state index contributed by atoms with van der Waals surface area (Å²) in [5.41, 5.74) is -2.06. The quantitative estimate of drug-likeness (QED) is 0.552. The molecule has 0 saturated carbocycles. The SMILES string of the molecule is CCOC(=O)C1(C)C(=O)[C@H]2CO[C@H](C(C)(C)C)N2C1=O. The number of ether oxygens (including phenoxy) is 2. The number of rotatable bonds is 2. The zero-order valence-corrected chi connectivity index (χ0v) is 12.6. The minimum Gasteiger partial charge on any atom is -0.465 e. The molecule has 0 aromatic heterocycles. The number of carbonyl (C=O) groups excluding carboxylic acids is 3. The lowest BCUT2D eigenvalue weighted by molar-refractivity contribution is -0.165. The molecule has 6 nitrogen and oxygen atoms in total. The van der Waals surface area contributed by atoms with Gasteiger partial charge in [0.2, 0.25) is 11.3 Å². The van der Waals surface area contributed by atoms with Gasteiger partial charge < -0.3 is 14.4 Å². The number of amides is 1.